The fourth-order valence-corrected chi connectivity index (χ4v) is 2.25. The molecule has 0 aliphatic carbocycles. The number of aromatic nitrogens is 1. The summed E-state index contributed by atoms with van der Waals surface area (Å²) < 4.78 is 5.09. The summed E-state index contributed by atoms with van der Waals surface area (Å²) in [6, 6.07) is 1.99. The van der Waals surface area contributed by atoms with Crippen LogP contribution in [0.15, 0.2) is 10.6 Å². The molecule has 5 heteroatoms. The molecular weight excluding hydrogens is 230 g/mol. The Morgan fingerprint density at radius 2 is 2.44 bits per heavy atom. The Morgan fingerprint density at radius 1 is 1.67 bits per heavy atom. The molecule has 100 valence electrons. The van der Waals surface area contributed by atoms with Crippen LogP contribution in [-0.4, -0.2) is 29.2 Å². The van der Waals surface area contributed by atoms with E-state index >= 15 is 0 Å². The van der Waals surface area contributed by atoms with Crippen LogP contribution in [0, 0.1) is 12.8 Å². The van der Waals surface area contributed by atoms with Crippen LogP contribution in [0.5, 0.6) is 0 Å². The predicted molar refractivity (Wildman–Crippen MR) is 68.2 cm³/mol. The van der Waals surface area contributed by atoms with Gasteiger partial charge in [-0.15, -0.1) is 0 Å². The molecule has 1 N–H and O–H groups in total. The van der Waals surface area contributed by atoms with Crippen LogP contribution in [0.1, 0.15) is 44.2 Å². The lowest BCUT2D eigenvalue weighted by molar-refractivity contribution is 0.189. The molecule has 2 rings (SSSR count). The van der Waals surface area contributed by atoms with Crippen LogP contribution >= 0.6 is 0 Å². The lowest BCUT2D eigenvalue weighted by atomic mass is 10.1. The molecule has 1 atom stereocenters. The standard InChI is InChI=1S/C13H21N3O2/c1-9(2)8-14-13(17)16-6-4-5-12(16)11-7-10(3)18-15-11/h7,9,12H,4-6,8H2,1-3H3,(H,14,17)/t12-/m1/s1. The van der Waals surface area contributed by atoms with Crippen LogP contribution in [0.3, 0.4) is 0 Å². The Balaban J connectivity index is 2.01. The molecule has 2 heterocycles. The molecule has 0 spiro atoms. The number of nitrogens with one attached hydrogen (secondary N) is 1. The fourth-order valence-electron chi connectivity index (χ4n) is 2.25. The van der Waals surface area contributed by atoms with E-state index in [0.717, 1.165) is 30.8 Å². The molecule has 1 saturated heterocycles. The van der Waals surface area contributed by atoms with Crippen molar-refractivity contribution < 1.29 is 9.32 Å². The van der Waals surface area contributed by atoms with Crippen molar-refractivity contribution in [1.82, 2.24) is 15.4 Å². The molecule has 1 aromatic heterocycles. The molecular formula is C13H21N3O2. The number of hydrogen-bond donors (Lipinski definition) is 1. The van der Waals surface area contributed by atoms with E-state index in [9.17, 15) is 4.79 Å². The van der Waals surface area contributed by atoms with Crippen molar-refractivity contribution in [2.45, 2.75) is 39.7 Å². The minimum absolute atomic E-state index is 0.00635. The maximum atomic E-state index is 12.1. The lowest BCUT2D eigenvalue weighted by Gasteiger charge is -2.23. The van der Waals surface area contributed by atoms with Crippen LogP contribution in [0.4, 0.5) is 4.79 Å². The Hall–Kier alpha value is -1.52. The summed E-state index contributed by atoms with van der Waals surface area (Å²) in [5.74, 6) is 1.25. The number of carbonyl (C=O) groups excluding carboxylic acids is 1. The maximum Gasteiger partial charge on any atom is 0.317 e. The smallest absolute Gasteiger partial charge is 0.317 e. The van der Waals surface area contributed by atoms with Gasteiger partial charge in [0, 0.05) is 19.2 Å². The molecule has 1 aliphatic rings. The summed E-state index contributed by atoms with van der Waals surface area (Å²) in [6.45, 7) is 7.54. The zero-order valence-corrected chi connectivity index (χ0v) is 11.3. The zero-order chi connectivity index (χ0) is 13.1. The Kier molecular flexibility index (Phi) is 3.89. The second-order valence-corrected chi connectivity index (χ2v) is 5.29. The third-order valence-electron chi connectivity index (χ3n) is 3.16. The van der Waals surface area contributed by atoms with Gasteiger partial charge in [-0.05, 0) is 25.7 Å². The van der Waals surface area contributed by atoms with Gasteiger partial charge in [0.15, 0.2) is 0 Å². The van der Waals surface area contributed by atoms with Crippen LogP contribution < -0.4 is 5.32 Å². The van der Waals surface area contributed by atoms with Crippen molar-refractivity contribution in [2.75, 3.05) is 13.1 Å². The van der Waals surface area contributed by atoms with Crippen molar-refractivity contribution in [3.63, 3.8) is 0 Å². The van der Waals surface area contributed by atoms with Gasteiger partial charge in [0.1, 0.15) is 11.5 Å². The van der Waals surface area contributed by atoms with Gasteiger partial charge >= 0.3 is 6.03 Å². The van der Waals surface area contributed by atoms with Gasteiger partial charge < -0.3 is 14.7 Å². The molecule has 0 unspecified atom stereocenters. The van der Waals surface area contributed by atoms with Gasteiger partial charge in [-0.2, -0.15) is 0 Å². The van der Waals surface area contributed by atoms with Crippen molar-refractivity contribution in [1.29, 1.82) is 0 Å². The lowest BCUT2D eigenvalue weighted by Crippen LogP contribution is -2.40. The molecule has 1 aromatic rings. The number of aryl methyl sites for hydroxylation is 1. The maximum absolute atomic E-state index is 12.1. The van der Waals surface area contributed by atoms with Crippen LogP contribution in [0.2, 0.25) is 0 Å². The minimum Gasteiger partial charge on any atom is -0.361 e. The zero-order valence-electron chi connectivity index (χ0n) is 11.3. The van der Waals surface area contributed by atoms with Crippen LogP contribution in [0.25, 0.3) is 0 Å². The third kappa shape index (κ3) is 2.83. The summed E-state index contributed by atoms with van der Waals surface area (Å²) in [5.41, 5.74) is 0.865. The van der Waals surface area contributed by atoms with E-state index in [2.05, 4.69) is 24.3 Å². The average Bonchev–Trinajstić information content (AvgIpc) is 2.93. The Labute approximate surface area is 108 Å². The first-order valence-electron chi connectivity index (χ1n) is 6.55. The summed E-state index contributed by atoms with van der Waals surface area (Å²) in [6.07, 6.45) is 1.98. The highest BCUT2D eigenvalue weighted by molar-refractivity contribution is 5.75. The van der Waals surface area contributed by atoms with Gasteiger partial charge in [-0.3, -0.25) is 0 Å². The third-order valence-corrected chi connectivity index (χ3v) is 3.16. The average molecular weight is 251 g/mol. The summed E-state index contributed by atoms with van der Waals surface area (Å²) in [7, 11) is 0. The molecule has 0 aromatic carbocycles. The molecule has 0 radical (unpaired) electrons. The molecule has 0 saturated carbocycles. The van der Waals surface area contributed by atoms with Gasteiger partial charge in [-0.1, -0.05) is 19.0 Å². The Bertz CT molecular complexity index is 414. The number of amides is 2. The van der Waals surface area contributed by atoms with Gasteiger partial charge in [-0.25, -0.2) is 4.79 Å². The number of urea groups is 1. The predicted octanol–water partition coefficient (Wildman–Crippen LogP) is 2.49. The molecule has 1 aliphatic heterocycles. The first-order valence-corrected chi connectivity index (χ1v) is 6.55. The first-order chi connectivity index (χ1) is 8.58. The van der Waals surface area contributed by atoms with Crippen molar-refractivity contribution in [3.8, 4) is 0 Å². The molecule has 1 fully saturated rings. The molecule has 0 bridgehead atoms. The number of likely N-dealkylation sites (tertiary alicyclic amines) is 1. The number of hydrogen-bond acceptors (Lipinski definition) is 3. The van der Waals surface area contributed by atoms with Gasteiger partial charge in [0.25, 0.3) is 0 Å². The number of rotatable bonds is 3. The highest BCUT2D eigenvalue weighted by Gasteiger charge is 2.31. The van der Waals surface area contributed by atoms with E-state index < -0.39 is 0 Å². The van der Waals surface area contributed by atoms with E-state index in [0.29, 0.717) is 12.5 Å². The van der Waals surface area contributed by atoms with Crippen molar-refractivity contribution in [2.24, 2.45) is 5.92 Å². The quantitative estimate of drug-likeness (QED) is 0.897. The highest BCUT2D eigenvalue weighted by Crippen LogP contribution is 2.31. The van der Waals surface area contributed by atoms with Gasteiger partial charge in [0.2, 0.25) is 0 Å². The second-order valence-electron chi connectivity index (χ2n) is 5.29. The second kappa shape index (κ2) is 5.42. The fraction of sp³-hybridized carbons (Fsp3) is 0.692. The van der Waals surface area contributed by atoms with E-state index in [1.807, 2.05) is 17.9 Å². The number of carbonyl (C=O) groups is 1. The monoisotopic (exact) mass is 251 g/mol. The van der Waals surface area contributed by atoms with E-state index in [-0.39, 0.29) is 12.1 Å². The SMILES string of the molecule is Cc1cc([C@H]2CCCN2C(=O)NCC(C)C)no1. The normalized spacial score (nSPS) is 19.6. The molecule has 5 nitrogen and oxygen atoms in total. The Morgan fingerprint density at radius 3 is 3.06 bits per heavy atom. The van der Waals surface area contributed by atoms with Crippen molar-refractivity contribution >= 4 is 6.03 Å². The van der Waals surface area contributed by atoms with Gasteiger partial charge in [0.05, 0.1) is 6.04 Å². The molecule has 2 amide bonds. The summed E-state index contributed by atoms with van der Waals surface area (Å²) in [4.78, 5) is 14.0. The largest absolute Gasteiger partial charge is 0.361 e. The van der Waals surface area contributed by atoms with E-state index in [4.69, 9.17) is 4.52 Å². The topological polar surface area (TPSA) is 58.4 Å². The van der Waals surface area contributed by atoms with Crippen molar-refractivity contribution in [3.05, 3.63) is 17.5 Å². The number of nitrogens with zero attached hydrogens (tertiary/aromatic N) is 2. The first kappa shape index (κ1) is 12.9. The molecule has 18 heavy (non-hydrogen) atoms. The van der Waals surface area contributed by atoms with Crippen LogP contribution in [-0.2, 0) is 0 Å². The summed E-state index contributed by atoms with van der Waals surface area (Å²) in [5, 5.41) is 6.99. The van der Waals surface area contributed by atoms with E-state index in [1.165, 1.54) is 0 Å². The highest BCUT2D eigenvalue weighted by atomic mass is 16.5. The summed E-state index contributed by atoms with van der Waals surface area (Å²) >= 11 is 0. The van der Waals surface area contributed by atoms with E-state index in [1.54, 1.807) is 0 Å². The minimum atomic E-state index is 0.00635.